The molecule has 1 saturated heterocycles. The fraction of sp³-hybridized carbons (Fsp3) is 0.308. The zero-order chi connectivity index (χ0) is 13.2. The Hall–Kier alpha value is -1.88. The van der Waals surface area contributed by atoms with Crippen molar-refractivity contribution >= 4 is 17.5 Å². The van der Waals surface area contributed by atoms with E-state index in [1.165, 1.54) is 11.8 Å². The number of H-pyrrole nitrogens is 1. The first-order valence-corrected chi connectivity index (χ1v) is 6.52. The lowest BCUT2D eigenvalue weighted by Gasteiger charge is -2.15. The third-order valence-electron chi connectivity index (χ3n) is 3.43. The Morgan fingerprint density at radius 3 is 3.11 bits per heavy atom. The molecule has 98 valence electrons. The highest BCUT2D eigenvalue weighted by Crippen LogP contribution is 2.29. The SMILES string of the molecule is O=C(c1cn[nH]n1)N1CCC(c2cccc(Cl)c2)C1. The average Bonchev–Trinajstić information content (AvgIpc) is 3.10. The number of nitrogens with zero attached hydrogens (tertiary/aromatic N) is 3. The third kappa shape index (κ3) is 2.46. The zero-order valence-corrected chi connectivity index (χ0v) is 11.0. The highest BCUT2D eigenvalue weighted by Gasteiger charge is 2.29. The Morgan fingerprint density at radius 2 is 2.37 bits per heavy atom. The van der Waals surface area contributed by atoms with Gasteiger partial charge in [-0.3, -0.25) is 4.79 Å². The van der Waals surface area contributed by atoms with E-state index in [1.807, 2.05) is 23.1 Å². The van der Waals surface area contributed by atoms with Gasteiger partial charge in [0.25, 0.3) is 5.91 Å². The van der Waals surface area contributed by atoms with Crippen molar-refractivity contribution in [2.45, 2.75) is 12.3 Å². The molecule has 6 heteroatoms. The van der Waals surface area contributed by atoms with Crippen molar-refractivity contribution in [2.24, 2.45) is 0 Å². The van der Waals surface area contributed by atoms with Crippen LogP contribution < -0.4 is 0 Å². The van der Waals surface area contributed by atoms with E-state index in [0.717, 1.165) is 18.0 Å². The van der Waals surface area contributed by atoms with Gasteiger partial charge < -0.3 is 4.90 Å². The molecule has 0 spiro atoms. The van der Waals surface area contributed by atoms with Gasteiger partial charge in [0.05, 0.1) is 6.20 Å². The van der Waals surface area contributed by atoms with E-state index in [-0.39, 0.29) is 5.91 Å². The Morgan fingerprint density at radius 1 is 1.47 bits per heavy atom. The molecule has 1 fully saturated rings. The van der Waals surface area contributed by atoms with E-state index < -0.39 is 0 Å². The molecule has 19 heavy (non-hydrogen) atoms. The Balaban J connectivity index is 1.72. The van der Waals surface area contributed by atoms with Crippen LogP contribution in [0.25, 0.3) is 0 Å². The summed E-state index contributed by atoms with van der Waals surface area (Å²) >= 11 is 6.00. The minimum Gasteiger partial charge on any atom is -0.337 e. The summed E-state index contributed by atoms with van der Waals surface area (Å²) in [5, 5.41) is 10.7. The lowest BCUT2D eigenvalue weighted by molar-refractivity contribution is 0.0785. The van der Waals surface area contributed by atoms with Gasteiger partial charge >= 0.3 is 0 Å². The Labute approximate surface area is 115 Å². The van der Waals surface area contributed by atoms with Crippen molar-refractivity contribution in [2.75, 3.05) is 13.1 Å². The van der Waals surface area contributed by atoms with Crippen molar-refractivity contribution in [3.63, 3.8) is 0 Å². The predicted octanol–water partition coefficient (Wildman–Crippen LogP) is 2.09. The normalized spacial score (nSPS) is 18.8. The maximum absolute atomic E-state index is 12.1. The highest BCUT2D eigenvalue weighted by molar-refractivity contribution is 6.30. The molecule has 1 aliphatic heterocycles. The van der Waals surface area contributed by atoms with Crippen molar-refractivity contribution in [1.82, 2.24) is 20.3 Å². The first-order valence-electron chi connectivity index (χ1n) is 6.14. The fourth-order valence-corrected chi connectivity index (χ4v) is 2.64. The van der Waals surface area contributed by atoms with Gasteiger partial charge in [0.15, 0.2) is 5.69 Å². The molecule has 5 nitrogen and oxygen atoms in total. The van der Waals surface area contributed by atoms with Crippen LogP contribution in [0.1, 0.15) is 28.4 Å². The van der Waals surface area contributed by atoms with Crippen LogP contribution in [0.3, 0.4) is 0 Å². The molecule has 1 aliphatic rings. The number of halogens is 1. The lowest BCUT2D eigenvalue weighted by atomic mass is 9.99. The summed E-state index contributed by atoms with van der Waals surface area (Å²) in [6, 6.07) is 7.83. The standard InChI is InChI=1S/C13H13ClN4O/c14-11-3-1-2-9(6-11)10-4-5-18(8-10)13(19)12-7-15-17-16-12/h1-3,6-7,10H,4-5,8H2,(H,15,16,17). The van der Waals surface area contributed by atoms with Crippen molar-refractivity contribution in [3.8, 4) is 0 Å². The topological polar surface area (TPSA) is 61.9 Å². The summed E-state index contributed by atoms with van der Waals surface area (Å²) in [6.07, 6.45) is 2.40. The Bertz CT molecular complexity index is 584. The largest absolute Gasteiger partial charge is 0.337 e. The molecule has 1 aromatic heterocycles. The van der Waals surface area contributed by atoms with Crippen LogP contribution >= 0.6 is 11.6 Å². The number of aromatic amines is 1. The second kappa shape index (κ2) is 5.01. The van der Waals surface area contributed by atoms with E-state index in [0.29, 0.717) is 18.2 Å². The van der Waals surface area contributed by atoms with Crippen LogP contribution in [0.2, 0.25) is 5.02 Å². The van der Waals surface area contributed by atoms with Gasteiger partial charge in [0.2, 0.25) is 0 Å². The maximum Gasteiger partial charge on any atom is 0.276 e. The van der Waals surface area contributed by atoms with Gasteiger partial charge in [-0.2, -0.15) is 15.4 Å². The molecule has 1 aromatic carbocycles. The predicted molar refractivity (Wildman–Crippen MR) is 71.1 cm³/mol. The van der Waals surface area contributed by atoms with Crippen LogP contribution in [0.4, 0.5) is 0 Å². The average molecular weight is 277 g/mol. The van der Waals surface area contributed by atoms with Crippen LogP contribution in [0.15, 0.2) is 30.5 Å². The summed E-state index contributed by atoms with van der Waals surface area (Å²) < 4.78 is 0. The smallest absolute Gasteiger partial charge is 0.276 e. The number of rotatable bonds is 2. The van der Waals surface area contributed by atoms with Crippen molar-refractivity contribution in [3.05, 3.63) is 46.7 Å². The molecule has 1 N–H and O–H groups in total. The van der Waals surface area contributed by atoms with Gasteiger partial charge in [-0.05, 0) is 24.1 Å². The van der Waals surface area contributed by atoms with E-state index >= 15 is 0 Å². The zero-order valence-electron chi connectivity index (χ0n) is 10.2. The summed E-state index contributed by atoms with van der Waals surface area (Å²) in [4.78, 5) is 13.9. The number of hydrogen-bond donors (Lipinski definition) is 1. The van der Waals surface area contributed by atoms with Crippen LogP contribution in [0.5, 0.6) is 0 Å². The summed E-state index contributed by atoms with van der Waals surface area (Å²) in [6.45, 7) is 1.44. The molecule has 3 rings (SSSR count). The molecule has 0 aliphatic carbocycles. The molecular weight excluding hydrogens is 264 g/mol. The number of amides is 1. The summed E-state index contributed by atoms with van der Waals surface area (Å²) in [5.41, 5.74) is 1.55. The van der Waals surface area contributed by atoms with Crippen LogP contribution in [0, 0.1) is 0 Å². The molecular formula is C13H13ClN4O. The van der Waals surface area contributed by atoms with E-state index in [2.05, 4.69) is 21.5 Å². The monoisotopic (exact) mass is 276 g/mol. The molecule has 0 saturated carbocycles. The number of nitrogens with one attached hydrogen (secondary N) is 1. The molecule has 1 atom stereocenters. The number of benzene rings is 1. The second-order valence-corrected chi connectivity index (χ2v) is 5.08. The molecule has 1 amide bonds. The van der Waals surface area contributed by atoms with E-state index in [9.17, 15) is 4.79 Å². The Kier molecular flexibility index (Phi) is 3.21. The number of carbonyl (C=O) groups excluding carboxylic acids is 1. The number of aromatic nitrogens is 3. The molecule has 2 aromatic rings. The minimum absolute atomic E-state index is 0.0710. The number of carbonyl (C=O) groups is 1. The molecule has 1 unspecified atom stereocenters. The van der Waals surface area contributed by atoms with E-state index in [4.69, 9.17) is 11.6 Å². The maximum atomic E-state index is 12.1. The van der Waals surface area contributed by atoms with Crippen molar-refractivity contribution in [1.29, 1.82) is 0 Å². The molecule has 0 radical (unpaired) electrons. The quantitative estimate of drug-likeness (QED) is 0.913. The lowest BCUT2D eigenvalue weighted by Crippen LogP contribution is -2.28. The minimum atomic E-state index is -0.0710. The van der Waals surface area contributed by atoms with E-state index in [1.54, 1.807) is 0 Å². The van der Waals surface area contributed by atoms with Crippen LogP contribution in [-0.4, -0.2) is 39.3 Å². The van der Waals surface area contributed by atoms with Crippen molar-refractivity contribution < 1.29 is 4.79 Å². The van der Waals surface area contributed by atoms with Crippen LogP contribution in [-0.2, 0) is 0 Å². The molecule has 0 bridgehead atoms. The van der Waals surface area contributed by atoms with Gasteiger partial charge in [-0.25, -0.2) is 0 Å². The fourth-order valence-electron chi connectivity index (χ4n) is 2.44. The number of hydrogen-bond acceptors (Lipinski definition) is 3. The van der Waals surface area contributed by atoms with Gasteiger partial charge in [-0.1, -0.05) is 23.7 Å². The van der Waals surface area contributed by atoms with Gasteiger partial charge in [-0.15, -0.1) is 0 Å². The summed E-state index contributed by atoms with van der Waals surface area (Å²) in [7, 11) is 0. The highest BCUT2D eigenvalue weighted by atomic mass is 35.5. The summed E-state index contributed by atoms with van der Waals surface area (Å²) in [5.74, 6) is 0.271. The van der Waals surface area contributed by atoms with Gasteiger partial charge in [0, 0.05) is 24.0 Å². The second-order valence-electron chi connectivity index (χ2n) is 4.65. The first-order chi connectivity index (χ1) is 9.24. The molecule has 2 heterocycles. The number of likely N-dealkylation sites (tertiary alicyclic amines) is 1. The van der Waals surface area contributed by atoms with Gasteiger partial charge in [0.1, 0.15) is 0 Å². The first kappa shape index (κ1) is 12.2. The third-order valence-corrected chi connectivity index (χ3v) is 3.66.